The Morgan fingerprint density at radius 1 is 1.17 bits per heavy atom. The van der Waals surface area contributed by atoms with Crippen LogP contribution in [0, 0.1) is 6.92 Å². The van der Waals surface area contributed by atoms with Crippen molar-refractivity contribution in [2.75, 3.05) is 27.3 Å². The van der Waals surface area contributed by atoms with E-state index < -0.39 is 40.6 Å². The summed E-state index contributed by atoms with van der Waals surface area (Å²) in [7, 11) is -0.963. The molecule has 0 unspecified atom stereocenters. The van der Waals surface area contributed by atoms with Crippen molar-refractivity contribution >= 4 is 28.0 Å². The summed E-state index contributed by atoms with van der Waals surface area (Å²) in [6, 6.07) is 2.96. The number of carbonyl (C=O) groups is 3. The maximum Gasteiger partial charge on any atom is 0.338 e. The Morgan fingerprint density at radius 3 is 2.43 bits per heavy atom. The molecule has 164 valence electrons. The molecule has 0 fully saturated rings. The largest absolute Gasteiger partial charge is 0.463 e. The van der Waals surface area contributed by atoms with Crippen LogP contribution in [-0.4, -0.2) is 64.0 Å². The fourth-order valence-electron chi connectivity index (χ4n) is 2.80. The molecule has 1 aromatic carbocycles. The van der Waals surface area contributed by atoms with Crippen molar-refractivity contribution in [1.29, 1.82) is 0 Å². The number of rotatable bonds is 7. The molecule has 10 nitrogen and oxygen atoms in total. The quantitative estimate of drug-likeness (QED) is 0.604. The van der Waals surface area contributed by atoms with Crippen LogP contribution in [0.4, 0.5) is 4.79 Å². The molecule has 30 heavy (non-hydrogen) atoms. The zero-order valence-electron chi connectivity index (χ0n) is 17.4. The minimum Gasteiger partial charge on any atom is -0.463 e. The Bertz CT molecular complexity index is 999. The first-order valence-electron chi connectivity index (χ1n) is 9.17. The third-order valence-corrected chi connectivity index (χ3v) is 6.23. The van der Waals surface area contributed by atoms with Crippen LogP contribution in [0.3, 0.4) is 0 Å². The van der Waals surface area contributed by atoms with Crippen LogP contribution in [0.5, 0.6) is 0 Å². The molecule has 0 saturated heterocycles. The van der Waals surface area contributed by atoms with Crippen molar-refractivity contribution in [2.45, 2.75) is 31.7 Å². The Morgan fingerprint density at radius 2 is 1.83 bits per heavy atom. The maximum absolute atomic E-state index is 12.6. The predicted molar refractivity (Wildman–Crippen MR) is 107 cm³/mol. The number of amides is 2. The van der Waals surface area contributed by atoms with Crippen molar-refractivity contribution in [3.63, 3.8) is 0 Å². The Balaban J connectivity index is 2.30. The number of nitrogens with one attached hydrogen (secondary N) is 2. The monoisotopic (exact) mass is 439 g/mol. The standard InChI is InChI=1S/C19H25N3O7S/c1-6-28-18(24)16-12(3)20-19(25)21-15(16)10-29-17(23)14-9-13(8-7-11(14)2)30(26,27)22(4)5/h7-9,12H,6,10H2,1-5H3,(H2,20,21,25)/t12-/m1/s1. The lowest BCUT2D eigenvalue weighted by molar-refractivity contribution is -0.139. The summed E-state index contributed by atoms with van der Waals surface area (Å²) in [5.41, 5.74) is 0.821. The van der Waals surface area contributed by atoms with E-state index in [9.17, 15) is 22.8 Å². The number of ether oxygens (including phenoxy) is 2. The van der Waals surface area contributed by atoms with Gasteiger partial charge in [-0.2, -0.15) is 0 Å². The van der Waals surface area contributed by atoms with Gasteiger partial charge in [-0.3, -0.25) is 0 Å². The average Bonchev–Trinajstić information content (AvgIpc) is 2.65. The van der Waals surface area contributed by atoms with Crippen molar-refractivity contribution in [1.82, 2.24) is 14.9 Å². The van der Waals surface area contributed by atoms with E-state index in [-0.39, 0.29) is 28.3 Å². The maximum atomic E-state index is 12.6. The second kappa shape index (κ2) is 9.26. The molecule has 0 aliphatic carbocycles. The smallest absolute Gasteiger partial charge is 0.338 e. The molecule has 0 aromatic heterocycles. The van der Waals surface area contributed by atoms with Gasteiger partial charge in [-0.15, -0.1) is 0 Å². The van der Waals surface area contributed by atoms with Crippen molar-refractivity contribution in [2.24, 2.45) is 0 Å². The Labute approximate surface area is 175 Å². The van der Waals surface area contributed by atoms with E-state index in [1.807, 2.05) is 0 Å². The van der Waals surface area contributed by atoms with Crippen LogP contribution in [0.1, 0.15) is 29.8 Å². The van der Waals surface area contributed by atoms with E-state index in [4.69, 9.17) is 9.47 Å². The SMILES string of the molecule is CCOC(=O)C1=C(COC(=O)c2cc(S(=O)(=O)N(C)C)ccc2C)NC(=O)N[C@@H]1C. The molecule has 1 aromatic rings. The van der Waals surface area contributed by atoms with E-state index in [1.165, 1.54) is 32.3 Å². The highest BCUT2D eigenvalue weighted by atomic mass is 32.2. The number of carbonyl (C=O) groups excluding carboxylic acids is 3. The van der Waals surface area contributed by atoms with E-state index in [2.05, 4.69) is 10.6 Å². The fourth-order valence-corrected chi connectivity index (χ4v) is 3.73. The molecule has 0 radical (unpaired) electrons. The van der Waals surface area contributed by atoms with Gasteiger partial charge in [0.25, 0.3) is 0 Å². The lowest BCUT2D eigenvalue weighted by Gasteiger charge is -2.26. The summed E-state index contributed by atoms with van der Waals surface area (Å²) in [5.74, 6) is -1.43. The second-order valence-electron chi connectivity index (χ2n) is 6.77. The molecule has 1 aliphatic rings. The zero-order chi connectivity index (χ0) is 22.6. The van der Waals surface area contributed by atoms with Crippen LogP contribution < -0.4 is 10.6 Å². The summed E-state index contributed by atoms with van der Waals surface area (Å²) in [6.45, 7) is 4.64. The van der Waals surface area contributed by atoms with Gasteiger partial charge in [0.2, 0.25) is 10.0 Å². The molecule has 2 amide bonds. The van der Waals surface area contributed by atoms with Gasteiger partial charge in [0.15, 0.2) is 0 Å². The van der Waals surface area contributed by atoms with Gasteiger partial charge < -0.3 is 20.1 Å². The minimum atomic E-state index is -3.74. The highest BCUT2D eigenvalue weighted by molar-refractivity contribution is 7.89. The number of nitrogens with zero attached hydrogens (tertiary/aromatic N) is 1. The molecular formula is C19H25N3O7S. The summed E-state index contributed by atoms with van der Waals surface area (Å²) in [4.78, 5) is 36.6. The number of hydrogen-bond donors (Lipinski definition) is 2. The third-order valence-electron chi connectivity index (χ3n) is 4.42. The predicted octanol–water partition coefficient (Wildman–Crippen LogP) is 0.921. The zero-order valence-corrected chi connectivity index (χ0v) is 18.3. The summed E-state index contributed by atoms with van der Waals surface area (Å²) in [5, 5.41) is 5.00. The van der Waals surface area contributed by atoms with Crippen LogP contribution in [0.25, 0.3) is 0 Å². The van der Waals surface area contributed by atoms with Gasteiger partial charge >= 0.3 is 18.0 Å². The Kier molecular flexibility index (Phi) is 7.21. The number of esters is 2. The molecule has 11 heteroatoms. The first kappa shape index (κ1) is 23.4. The molecule has 1 aliphatic heterocycles. The van der Waals surface area contributed by atoms with Gasteiger partial charge in [0.1, 0.15) is 6.61 Å². The number of benzene rings is 1. The van der Waals surface area contributed by atoms with Crippen molar-refractivity contribution in [3.05, 3.63) is 40.6 Å². The molecule has 0 spiro atoms. The van der Waals surface area contributed by atoms with Gasteiger partial charge in [0, 0.05) is 14.1 Å². The topological polar surface area (TPSA) is 131 Å². The highest BCUT2D eigenvalue weighted by Crippen LogP contribution is 2.20. The van der Waals surface area contributed by atoms with Crippen molar-refractivity contribution in [3.8, 4) is 0 Å². The third kappa shape index (κ3) is 4.97. The lowest BCUT2D eigenvalue weighted by Crippen LogP contribution is -2.50. The highest BCUT2D eigenvalue weighted by Gasteiger charge is 2.30. The van der Waals surface area contributed by atoms with Crippen LogP contribution in [-0.2, 0) is 24.3 Å². The summed E-state index contributed by atoms with van der Waals surface area (Å²) in [6.07, 6.45) is 0. The molecule has 2 rings (SSSR count). The molecule has 0 bridgehead atoms. The van der Waals surface area contributed by atoms with E-state index >= 15 is 0 Å². The molecular weight excluding hydrogens is 414 g/mol. The lowest BCUT2D eigenvalue weighted by atomic mass is 10.0. The first-order valence-corrected chi connectivity index (χ1v) is 10.6. The number of sulfonamides is 1. The molecule has 2 N–H and O–H groups in total. The number of hydrogen-bond acceptors (Lipinski definition) is 7. The van der Waals surface area contributed by atoms with E-state index in [0.717, 1.165) is 4.31 Å². The van der Waals surface area contributed by atoms with Gasteiger partial charge in [-0.05, 0) is 38.5 Å². The second-order valence-corrected chi connectivity index (χ2v) is 8.92. The first-order chi connectivity index (χ1) is 14.0. The van der Waals surface area contributed by atoms with Gasteiger partial charge in [-0.1, -0.05) is 6.07 Å². The number of aryl methyl sites for hydroxylation is 1. The number of urea groups is 1. The molecule has 0 saturated carbocycles. The molecule has 1 heterocycles. The van der Waals surface area contributed by atoms with Crippen LogP contribution in [0.15, 0.2) is 34.4 Å². The van der Waals surface area contributed by atoms with Crippen molar-refractivity contribution < 1.29 is 32.3 Å². The Hall–Kier alpha value is -2.92. The van der Waals surface area contributed by atoms with Crippen LogP contribution >= 0.6 is 0 Å². The molecule has 1 atom stereocenters. The summed E-state index contributed by atoms with van der Waals surface area (Å²) >= 11 is 0. The average molecular weight is 439 g/mol. The van der Waals surface area contributed by atoms with E-state index in [1.54, 1.807) is 20.8 Å². The van der Waals surface area contributed by atoms with E-state index in [0.29, 0.717) is 5.56 Å². The van der Waals surface area contributed by atoms with Gasteiger partial charge in [-0.25, -0.2) is 27.1 Å². The minimum absolute atomic E-state index is 0.0553. The normalized spacial score (nSPS) is 16.7. The van der Waals surface area contributed by atoms with Crippen LogP contribution in [0.2, 0.25) is 0 Å². The summed E-state index contributed by atoms with van der Waals surface area (Å²) < 4.78 is 36.0. The fraction of sp³-hybridized carbons (Fsp3) is 0.421. The van der Waals surface area contributed by atoms with Gasteiger partial charge in [0.05, 0.1) is 34.4 Å².